The van der Waals surface area contributed by atoms with Crippen LogP contribution in [0.2, 0.25) is 0 Å². The normalized spacial score (nSPS) is 12.4. The highest BCUT2D eigenvalue weighted by Gasteiger charge is 2.34. The van der Waals surface area contributed by atoms with E-state index in [0.717, 1.165) is 0 Å². The van der Waals surface area contributed by atoms with E-state index in [0.29, 0.717) is 0 Å². The third-order valence-electron chi connectivity index (χ3n) is 2.33. The molecule has 1 rings (SSSR count). The van der Waals surface area contributed by atoms with Crippen LogP contribution >= 0.6 is 0 Å². The van der Waals surface area contributed by atoms with Gasteiger partial charge in [-0.25, -0.2) is 8.42 Å². The molecule has 0 saturated heterocycles. The molecule has 94 valence electrons. The molecule has 0 radical (unpaired) electrons. The third-order valence-corrected chi connectivity index (χ3v) is 4.42. The quantitative estimate of drug-likeness (QED) is 0.848. The maximum Gasteiger partial charge on any atom is 0.310 e. The number of hydrogen-bond acceptors (Lipinski definition) is 4. The number of rotatable bonds is 4. The highest BCUT2D eigenvalue weighted by Crippen LogP contribution is 2.24. The average Bonchev–Trinajstić information content (AvgIpc) is 2.16. The van der Waals surface area contributed by atoms with E-state index in [4.69, 9.17) is 10.2 Å². The number of hydrogen-bond donors (Lipinski definition) is 2. The van der Waals surface area contributed by atoms with Gasteiger partial charge in [0.15, 0.2) is 9.84 Å². The molecule has 2 N–H and O–H groups in total. The van der Waals surface area contributed by atoms with Crippen LogP contribution < -0.4 is 0 Å². The fourth-order valence-electron chi connectivity index (χ4n) is 1.27. The molecule has 0 aliphatic carbocycles. The maximum atomic E-state index is 11.9. The van der Waals surface area contributed by atoms with Gasteiger partial charge >= 0.3 is 5.97 Å². The van der Waals surface area contributed by atoms with E-state index in [1.165, 1.54) is 38.1 Å². The maximum absolute atomic E-state index is 11.9. The highest BCUT2D eigenvalue weighted by molar-refractivity contribution is 7.91. The number of carboxylic acid groups (broad SMARTS) is 1. The van der Waals surface area contributed by atoms with Crippen LogP contribution in [0, 0.1) is 5.41 Å². The fourth-order valence-corrected chi connectivity index (χ4v) is 3.06. The summed E-state index contributed by atoms with van der Waals surface area (Å²) < 4.78 is 23.8. The lowest BCUT2D eigenvalue weighted by Crippen LogP contribution is -2.32. The summed E-state index contributed by atoms with van der Waals surface area (Å²) in [5, 5.41) is 17.9. The Bertz CT molecular complexity index is 513. The first kappa shape index (κ1) is 13.5. The summed E-state index contributed by atoms with van der Waals surface area (Å²) in [7, 11) is -3.67. The lowest BCUT2D eigenvalue weighted by Gasteiger charge is -2.18. The van der Waals surface area contributed by atoms with Crippen molar-refractivity contribution in [1.29, 1.82) is 0 Å². The SMILES string of the molecule is CC(C)(CS(=O)(=O)c1ccc(O)cc1)C(=O)O. The van der Waals surface area contributed by atoms with E-state index in [-0.39, 0.29) is 10.6 Å². The van der Waals surface area contributed by atoms with Crippen molar-refractivity contribution in [3.05, 3.63) is 24.3 Å². The van der Waals surface area contributed by atoms with Gasteiger partial charge in [0.2, 0.25) is 0 Å². The Labute approximate surface area is 99.6 Å². The van der Waals surface area contributed by atoms with Crippen molar-refractivity contribution in [3.8, 4) is 5.75 Å². The van der Waals surface area contributed by atoms with E-state index in [2.05, 4.69) is 0 Å². The molecule has 0 aliphatic heterocycles. The first-order valence-corrected chi connectivity index (χ1v) is 6.55. The molecular weight excluding hydrogens is 244 g/mol. The minimum absolute atomic E-state index is 0.00428. The zero-order valence-electron chi connectivity index (χ0n) is 9.54. The predicted molar refractivity (Wildman–Crippen MR) is 61.6 cm³/mol. The molecule has 1 aromatic carbocycles. The summed E-state index contributed by atoms with van der Waals surface area (Å²) in [6.07, 6.45) is 0. The molecule has 0 amide bonds. The van der Waals surface area contributed by atoms with E-state index < -0.39 is 27.0 Å². The van der Waals surface area contributed by atoms with E-state index in [1.807, 2.05) is 0 Å². The van der Waals surface area contributed by atoms with Gasteiger partial charge < -0.3 is 10.2 Å². The largest absolute Gasteiger partial charge is 0.508 e. The molecule has 17 heavy (non-hydrogen) atoms. The molecule has 0 aromatic heterocycles. The van der Waals surface area contributed by atoms with Crippen molar-refractivity contribution in [2.75, 3.05) is 5.75 Å². The third kappa shape index (κ3) is 3.20. The Hall–Kier alpha value is -1.56. The van der Waals surface area contributed by atoms with Gasteiger partial charge in [0.1, 0.15) is 5.75 Å². The second-order valence-electron chi connectivity index (χ2n) is 4.44. The minimum Gasteiger partial charge on any atom is -0.508 e. The smallest absolute Gasteiger partial charge is 0.310 e. The van der Waals surface area contributed by atoms with Crippen molar-refractivity contribution in [3.63, 3.8) is 0 Å². The summed E-state index contributed by atoms with van der Waals surface area (Å²) >= 11 is 0. The highest BCUT2D eigenvalue weighted by atomic mass is 32.2. The lowest BCUT2D eigenvalue weighted by atomic mass is 9.97. The van der Waals surface area contributed by atoms with E-state index >= 15 is 0 Å². The summed E-state index contributed by atoms with van der Waals surface area (Å²) in [5.74, 6) is -1.69. The summed E-state index contributed by atoms with van der Waals surface area (Å²) in [5.41, 5.74) is -1.35. The summed E-state index contributed by atoms with van der Waals surface area (Å²) in [4.78, 5) is 10.9. The Morgan fingerprint density at radius 1 is 1.24 bits per heavy atom. The Morgan fingerprint density at radius 2 is 1.71 bits per heavy atom. The van der Waals surface area contributed by atoms with Crippen molar-refractivity contribution < 1.29 is 23.4 Å². The molecule has 0 bridgehead atoms. The Kier molecular flexibility index (Phi) is 3.47. The van der Waals surface area contributed by atoms with Crippen LogP contribution in [0.25, 0.3) is 0 Å². The van der Waals surface area contributed by atoms with Gasteiger partial charge in [0, 0.05) is 0 Å². The van der Waals surface area contributed by atoms with Gasteiger partial charge in [-0.3, -0.25) is 4.79 Å². The molecule has 1 aromatic rings. The topological polar surface area (TPSA) is 91.7 Å². The van der Waals surface area contributed by atoms with Gasteiger partial charge in [-0.05, 0) is 38.1 Å². The second-order valence-corrected chi connectivity index (χ2v) is 6.43. The van der Waals surface area contributed by atoms with Gasteiger partial charge in [-0.1, -0.05) is 0 Å². The lowest BCUT2D eigenvalue weighted by molar-refractivity contribution is -0.145. The van der Waals surface area contributed by atoms with Crippen LogP contribution in [0.1, 0.15) is 13.8 Å². The van der Waals surface area contributed by atoms with Gasteiger partial charge in [0.25, 0.3) is 0 Å². The predicted octanol–water partition coefficient (Wildman–Crippen LogP) is 1.28. The number of phenolic OH excluding ortho intramolecular Hbond substituents is 1. The first-order chi connectivity index (χ1) is 7.65. The molecule has 0 atom stereocenters. The van der Waals surface area contributed by atoms with Crippen molar-refractivity contribution in [2.45, 2.75) is 18.7 Å². The molecule has 0 fully saturated rings. The van der Waals surface area contributed by atoms with Crippen LogP contribution in [0.3, 0.4) is 0 Å². The zero-order chi connectivity index (χ0) is 13.3. The first-order valence-electron chi connectivity index (χ1n) is 4.90. The summed E-state index contributed by atoms with van der Waals surface area (Å²) in [6, 6.07) is 5.01. The van der Waals surface area contributed by atoms with Crippen molar-refractivity contribution in [1.82, 2.24) is 0 Å². The van der Waals surface area contributed by atoms with E-state index in [9.17, 15) is 13.2 Å². The number of phenols is 1. The van der Waals surface area contributed by atoms with Gasteiger partial charge in [0.05, 0.1) is 16.1 Å². The number of benzene rings is 1. The number of aliphatic carboxylic acids is 1. The molecule has 5 nitrogen and oxygen atoms in total. The molecule has 0 spiro atoms. The minimum atomic E-state index is -3.67. The van der Waals surface area contributed by atoms with Crippen molar-refractivity contribution in [2.24, 2.45) is 5.41 Å². The van der Waals surface area contributed by atoms with Crippen LogP contribution in [0.15, 0.2) is 29.2 Å². The average molecular weight is 258 g/mol. The Balaban J connectivity index is 3.05. The van der Waals surface area contributed by atoms with Crippen LogP contribution in [0.5, 0.6) is 5.75 Å². The molecule has 0 heterocycles. The molecule has 0 aliphatic rings. The van der Waals surface area contributed by atoms with Crippen molar-refractivity contribution >= 4 is 15.8 Å². The number of sulfone groups is 1. The second kappa shape index (κ2) is 4.37. The standard InChI is InChI=1S/C11H14O5S/c1-11(2,10(13)14)7-17(15,16)9-5-3-8(12)4-6-9/h3-6,12H,7H2,1-2H3,(H,13,14). The van der Waals surface area contributed by atoms with Gasteiger partial charge in [-0.2, -0.15) is 0 Å². The molecular formula is C11H14O5S. The Morgan fingerprint density at radius 3 is 2.12 bits per heavy atom. The van der Waals surface area contributed by atoms with Crippen LogP contribution in [0.4, 0.5) is 0 Å². The van der Waals surface area contributed by atoms with Crippen LogP contribution in [-0.2, 0) is 14.6 Å². The number of aromatic hydroxyl groups is 1. The fraction of sp³-hybridized carbons (Fsp3) is 0.364. The molecule has 0 saturated carbocycles. The number of carbonyl (C=O) groups is 1. The zero-order valence-corrected chi connectivity index (χ0v) is 10.4. The summed E-state index contributed by atoms with van der Waals surface area (Å²) in [6.45, 7) is 2.71. The number of carboxylic acids is 1. The molecule has 6 heteroatoms. The van der Waals surface area contributed by atoms with Crippen LogP contribution in [-0.4, -0.2) is 30.4 Å². The monoisotopic (exact) mass is 258 g/mol. The molecule has 0 unspecified atom stereocenters. The van der Waals surface area contributed by atoms with E-state index in [1.54, 1.807) is 0 Å². The van der Waals surface area contributed by atoms with Gasteiger partial charge in [-0.15, -0.1) is 0 Å².